The average Bonchev–Trinajstić information content (AvgIpc) is 2.48. The molecule has 0 aromatic heterocycles. The molecule has 1 aromatic rings. The summed E-state index contributed by atoms with van der Waals surface area (Å²) in [5, 5.41) is 12.0. The second-order valence-corrected chi connectivity index (χ2v) is 5.95. The topological polar surface area (TPSA) is 66.4 Å². The standard InChI is InChI=1S/C18H27NO3/c1-4-18(5-2,13-17(21)22)19-16(20)8-6-7-15-11-9-14(3)10-12-15/h9-12H,4-8,13H2,1-3H3,(H,19,20)(H,21,22). The fourth-order valence-electron chi connectivity index (χ4n) is 2.58. The Bertz CT molecular complexity index is 490. The van der Waals surface area contributed by atoms with E-state index in [0.717, 1.165) is 12.8 Å². The Morgan fingerprint density at radius 2 is 1.73 bits per heavy atom. The predicted molar refractivity (Wildman–Crippen MR) is 87.8 cm³/mol. The van der Waals surface area contributed by atoms with Crippen molar-refractivity contribution in [3.05, 3.63) is 35.4 Å². The first-order valence-corrected chi connectivity index (χ1v) is 7.99. The van der Waals surface area contributed by atoms with Gasteiger partial charge in [-0.05, 0) is 38.2 Å². The molecule has 0 atom stereocenters. The van der Waals surface area contributed by atoms with E-state index in [-0.39, 0.29) is 12.3 Å². The minimum absolute atomic E-state index is 0.0241. The van der Waals surface area contributed by atoms with Crippen LogP contribution in [0.5, 0.6) is 0 Å². The van der Waals surface area contributed by atoms with Gasteiger partial charge < -0.3 is 10.4 Å². The molecular formula is C18H27NO3. The van der Waals surface area contributed by atoms with E-state index in [2.05, 4.69) is 36.5 Å². The summed E-state index contributed by atoms with van der Waals surface area (Å²) in [6.07, 6.45) is 3.28. The molecule has 0 bridgehead atoms. The third-order valence-electron chi connectivity index (χ3n) is 4.24. The third kappa shape index (κ3) is 5.88. The van der Waals surface area contributed by atoms with Crippen molar-refractivity contribution in [3.63, 3.8) is 0 Å². The number of carbonyl (C=O) groups is 2. The van der Waals surface area contributed by atoms with Crippen LogP contribution in [0.4, 0.5) is 0 Å². The van der Waals surface area contributed by atoms with E-state index < -0.39 is 11.5 Å². The summed E-state index contributed by atoms with van der Waals surface area (Å²) in [5.41, 5.74) is 1.83. The first-order valence-electron chi connectivity index (χ1n) is 7.99. The van der Waals surface area contributed by atoms with Crippen LogP contribution < -0.4 is 5.32 Å². The number of hydrogen-bond donors (Lipinski definition) is 2. The van der Waals surface area contributed by atoms with Crippen LogP contribution in [0.1, 0.15) is 57.1 Å². The monoisotopic (exact) mass is 305 g/mol. The summed E-state index contributed by atoms with van der Waals surface area (Å²) in [6, 6.07) is 8.31. The maximum Gasteiger partial charge on any atom is 0.305 e. The molecule has 1 rings (SSSR count). The van der Waals surface area contributed by atoms with Crippen LogP contribution in [-0.2, 0) is 16.0 Å². The number of hydrogen-bond acceptors (Lipinski definition) is 2. The fourth-order valence-corrected chi connectivity index (χ4v) is 2.58. The molecule has 2 N–H and O–H groups in total. The second kappa shape index (κ2) is 8.57. The normalized spacial score (nSPS) is 11.2. The molecule has 0 heterocycles. The highest BCUT2D eigenvalue weighted by Crippen LogP contribution is 2.20. The Balaban J connectivity index is 2.46. The van der Waals surface area contributed by atoms with Gasteiger partial charge in [-0.3, -0.25) is 9.59 Å². The lowest BCUT2D eigenvalue weighted by atomic mass is 9.88. The van der Waals surface area contributed by atoms with Gasteiger partial charge in [-0.1, -0.05) is 43.7 Å². The van der Waals surface area contributed by atoms with E-state index in [4.69, 9.17) is 5.11 Å². The quantitative estimate of drug-likeness (QED) is 0.734. The maximum absolute atomic E-state index is 12.1. The molecule has 4 nitrogen and oxygen atoms in total. The molecule has 0 aliphatic rings. The Morgan fingerprint density at radius 3 is 2.23 bits per heavy atom. The van der Waals surface area contributed by atoms with Gasteiger partial charge >= 0.3 is 5.97 Å². The van der Waals surface area contributed by atoms with E-state index in [1.807, 2.05) is 13.8 Å². The van der Waals surface area contributed by atoms with Crippen molar-refractivity contribution in [2.75, 3.05) is 0 Å². The zero-order chi connectivity index (χ0) is 16.6. The Kier molecular flexibility index (Phi) is 7.09. The first-order chi connectivity index (χ1) is 10.4. The molecule has 0 saturated heterocycles. The van der Waals surface area contributed by atoms with E-state index in [0.29, 0.717) is 19.3 Å². The van der Waals surface area contributed by atoms with E-state index in [9.17, 15) is 9.59 Å². The lowest BCUT2D eigenvalue weighted by Crippen LogP contribution is -2.49. The lowest BCUT2D eigenvalue weighted by molar-refractivity contribution is -0.139. The van der Waals surface area contributed by atoms with Crippen LogP contribution in [0.25, 0.3) is 0 Å². The number of amides is 1. The zero-order valence-corrected chi connectivity index (χ0v) is 13.8. The number of benzene rings is 1. The number of rotatable bonds is 9. The first kappa shape index (κ1) is 18.2. The molecule has 1 amide bonds. The summed E-state index contributed by atoms with van der Waals surface area (Å²) < 4.78 is 0. The molecule has 0 aliphatic heterocycles. The number of aryl methyl sites for hydroxylation is 2. The number of nitrogens with one attached hydrogen (secondary N) is 1. The summed E-state index contributed by atoms with van der Waals surface area (Å²) >= 11 is 0. The van der Waals surface area contributed by atoms with Crippen LogP contribution in [-0.4, -0.2) is 22.5 Å². The molecule has 0 aliphatic carbocycles. The molecule has 22 heavy (non-hydrogen) atoms. The van der Waals surface area contributed by atoms with Crippen LogP contribution >= 0.6 is 0 Å². The van der Waals surface area contributed by atoms with Gasteiger partial charge in [0.2, 0.25) is 5.91 Å². The largest absolute Gasteiger partial charge is 0.481 e. The fraction of sp³-hybridized carbons (Fsp3) is 0.556. The van der Waals surface area contributed by atoms with Gasteiger partial charge in [-0.2, -0.15) is 0 Å². The van der Waals surface area contributed by atoms with Gasteiger partial charge in [0, 0.05) is 12.0 Å². The van der Waals surface area contributed by atoms with E-state index in [1.165, 1.54) is 11.1 Å². The van der Waals surface area contributed by atoms with Crippen molar-refractivity contribution in [1.29, 1.82) is 0 Å². The number of aliphatic carboxylic acids is 1. The molecular weight excluding hydrogens is 278 g/mol. The highest BCUT2D eigenvalue weighted by Gasteiger charge is 2.30. The second-order valence-electron chi connectivity index (χ2n) is 5.95. The molecule has 1 aromatic carbocycles. The van der Waals surface area contributed by atoms with Crippen LogP contribution in [0.2, 0.25) is 0 Å². The summed E-state index contributed by atoms with van der Waals surface area (Å²) in [5.74, 6) is -0.930. The van der Waals surface area contributed by atoms with Gasteiger partial charge in [0.05, 0.1) is 6.42 Å². The van der Waals surface area contributed by atoms with Crippen molar-refractivity contribution in [2.24, 2.45) is 0 Å². The summed E-state index contributed by atoms with van der Waals surface area (Å²) in [7, 11) is 0. The van der Waals surface area contributed by atoms with Crippen molar-refractivity contribution in [2.45, 2.75) is 64.8 Å². The van der Waals surface area contributed by atoms with Gasteiger partial charge in [0.1, 0.15) is 0 Å². The van der Waals surface area contributed by atoms with Crippen molar-refractivity contribution < 1.29 is 14.7 Å². The van der Waals surface area contributed by atoms with Crippen molar-refractivity contribution >= 4 is 11.9 Å². The number of carboxylic acid groups (broad SMARTS) is 1. The van der Waals surface area contributed by atoms with Gasteiger partial charge in [-0.15, -0.1) is 0 Å². The third-order valence-corrected chi connectivity index (χ3v) is 4.24. The molecule has 0 spiro atoms. The SMILES string of the molecule is CCC(CC)(CC(=O)O)NC(=O)CCCc1ccc(C)cc1. The van der Waals surface area contributed by atoms with Crippen molar-refractivity contribution in [1.82, 2.24) is 5.32 Å². The van der Waals surface area contributed by atoms with Crippen molar-refractivity contribution in [3.8, 4) is 0 Å². The Hall–Kier alpha value is -1.84. The molecule has 4 heteroatoms. The Morgan fingerprint density at radius 1 is 1.14 bits per heavy atom. The zero-order valence-electron chi connectivity index (χ0n) is 13.8. The molecule has 0 radical (unpaired) electrons. The van der Waals surface area contributed by atoms with Gasteiger partial charge in [0.15, 0.2) is 0 Å². The van der Waals surface area contributed by atoms with Gasteiger partial charge in [-0.25, -0.2) is 0 Å². The minimum atomic E-state index is -0.872. The van der Waals surface area contributed by atoms with E-state index >= 15 is 0 Å². The Labute approximate surface area is 132 Å². The summed E-state index contributed by atoms with van der Waals surface area (Å²) in [6.45, 7) is 5.88. The molecule has 0 unspecified atom stereocenters. The van der Waals surface area contributed by atoms with E-state index in [1.54, 1.807) is 0 Å². The highest BCUT2D eigenvalue weighted by molar-refractivity contribution is 5.78. The van der Waals surface area contributed by atoms with Crippen LogP contribution in [0, 0.1) is 6.92 Å². The van der Waals surface area contributed by atoms with Crippen LogP contribution in [0.15, 0.2) is 24.3 Å². The average molecular weight is 305 g/mol. The molecule has 122 valence electrons. The summed E-state index contributed by atoms with van der Waals surface area (Å²) in [4.78, 5) is 23.1. The highest BCUT2D eigenvalue weighted by atomic mass is 16.4. The molecule has 0 fully saturated rings. The lowest BCUT2D eigenvalue weighted by Gasteiger charge is -2.31. The molecule has 0 saturated carbocycles. The minimum Gasteiger partial charge on any atom is -0.481 e. The number of carboxylic acids is 1. The maximum atomic E-state index is 12.1. The smallest absolute Gasteiger partial charge is 0.305 e. The predicted octanol–water partition coefficient (Wildman–Crippen LogP) is 3.47. The number of carbonyl (C=O) groups excluding carboxylic acids is 1. The van der Waals surface area contributed by atoms with Crippen LogP contribution in [0.3, 0.4) is 0 Å². The van der Waals surface area contributed by atoms with Gasteiger partial charge in [0.25, 0.3) is 0 Å².